The molecule has 0 bridgehead atoms. The predicted molar refractivity (Wildman–Crippen MR) is 102 cm³/mol. The molecular formula is C20H15ClF2N2O4. The van der Waals surface area contributed by atoms with Crippen molar-refractivity contribution in [3.63, 3.8) is 0 Å². The zero-order valence-electron chi connectivity index (χ0n) is 15.1. The van der Waals surface area contributed by atoms with E-state index in [4.69, 9.17) is 16.3 Å². The molecule has 0 aliphatic carbocycles. The maximum Gasteiger partial charge on any atom is 0.387 e. The lowest BCUT2D eigenvalue weighted by atomic mass is 10.2. The lowest BCUT2D eigenvalue weighted by Crippen LogP contribution is -2.24. The highest BCUT2D eigenvalue weighted by Gasteiger charge is 2.18. The largest absolute Gasteiger partial charge is 0.456 e. The number of benzene rings is 2. The van der Waals surface area contributed by atoms with Crippen molar-refractivity contribution >= 4 is 17.6 Å². The Morgan fingerprint density at radius 1 is 1.17 bits per heavy atom. The van der Waals surface area contributed by atoms with E-state index in [9.17, 15) is 18.4 Å². The number of para-hydroxylation sites is 1. The van der Waals surface area contributed by atoms with Crippen molar-refractivity contribution in [3.05, 3.63) is 86.8 Å². The number of nitrogens with zero attached hydrogens (tertiary/aromatic N) is 2. The van der Waals surface area contributed by atoms with Gasteiger partial charge in [-0.15, -0.1) is 0 Å². The van der Waals surface area contributed by atoms with Crippen LogP contribution in [-0.4, -0.2) is 22.4 Å². The number of rotatable bonds is 6. The second-order valence-electron chi connectivity index (χ2n) is 5.95. The van der Waals surface area contributed by atoms with Crippen molar-refractivity contribution in [1.82, 2.24) is 9.78 Å². The molecule has 0 unspecified atom stereocenters. The normalized spacial score (nSPS) is 10.8. The van der Waals surface area contributed by atoms with Crippen molar-refractivity contribution in [2.45, 2.75) is 20.1 Å². The fourth-order valence-electron chi connectivity index (χ4n) is 2.58. The van der Waals surface area contributed by atoms with Crippen LogP contribution in [0.25, 0.3) is 5.69 Å². The fraction of sp³-hybridized carbons (Fsp3) is 0.150. The molecule has 0 aliphatic heterocycles. The third kappa shape index (κ3) is 4.97. The first-order valence-electron chi connectivity index (χ1n) is 8.42. The summed E-state index contributed by atoms with van der Waals surface area (Å²) in [4.78, 5) is 24.6. The van der Waals surface area contributed by atoms with Crippen molar-refractivity contribution in [3.8, 4) is 11.4 Å². The molecular weight excluding hydrogens is 406 g/mol. The van der Waals surface area contributed by atoms with Crippen LogP contribution in [0.1, 0.15) is 21.7 Å². The number of carbonyl (C=O) groups is 1. The Hall–Kier alpha value is -3.26. The topological polar surface area (TPSA) is 70.4 Å². The van der Waals surface area contributed by atoms with E-state index < -0.39 is 23.7 Å². The van der Waals surface area contributed by atoms with E-state index in [0.717, 1.165) is 0 Å². The van der Waals surface area contributed by atoms with Crippen molar-refractivity contribution < 1.29 is 23.0 Å². The van der Waals surface area contributed by atoms with Crippen LogP contribution in [0.2, 0.25) is 5.02 Å². The van der Waals surface area contributed by atoms with Gasteiger partial charge in [-0.2, -0.15) is 13.9 Å². The first-order chi connectivity index (χ1) is 13.8. The molecule has 0 fully saturated rings. The van der Waals surface area contributed by atoms with E-state index in [2.05, 4.69) is 9.84 Å². The van der Waals surface area contributed by atoms with Crippen LogP contribution in [0.3, 0.4) is 0 Å². The van der Waals surface area contributed by atoms with Crippen LogP contribution in [0.15, 0.2) is 59.4 Å². The highest BCUT2D eigenvalue weighted by atomic mass is 35.5. The second kappa shape index (κ2) is 8.83. The molecule has 1 aromatic heterocycles. The van der Waals surface area contributed by atoms with E-state index in [-0.39, 0.29) is 17.9 Å². The van der Waals surface area contributed by atoms with Gasteiger partial charge in [0, 0.05) is 22.3 Å². The molecule has 0 N–H and O–H groups in total. The number of halogens is 3. The zero-order valence-corrected chi connectivity index (χ0v) is 15.9. The van der Waals surface area contributed by atoms with Gasteiger partial charge in [0.25, 0.3) is 0 Å². The van der Waals surface area contributed by atoms with Gasteiger partial charge >= 0.3 is 12.6 Å². The Bertz CT molecular complexity index is 1080. The number of hydrogen-bond donors (Lipinski definition) is 0. The molecule has 3 rings (SSSR count). The van der Waals surface area contributed by atoms with Gasteiger partial charge in [0.1, 0.15) is 12.4 Å². The molecule has 0 saturated heterocycles. The SMILES string of the molecule is Cc1cc(=O)c(C(=O)OCc2ccccc2OC(F)F)nn1-c1ccc(Cl)cc1. The fourth-order valence-corrected chi connectivity index (χ4v) is 2.70. The molecule has 6 nitrogen and oxygen atoms in total. The monoisotopic (exact) mass is 420 g/mol. The Labute approximate surface area is 169 Å². The molecule has 3 aromatic rings. The van der Waals surface area contributed by atoms with Gasteiger partial charge in [0.15, 0.2) is 0 Å². The first-order valence-corrected chi connectivity index (χ1v) is 8.79. The molecule has 0 radical (unpaired) electrons. The molecule has 29 heavy (non-hydrogen) atoms. The molecule has 0 amide bonds. The number of alkyl halides is 2. The molecule has 0 aliphatic rings. The van der Waals surface area contributed by atoms with Crippen LogP contribution in [0, 0.1) is 6.92 Å². The van der Waals surface area contributed by atoms with Crippen molar-refractivity contribution in [2.75, 3.05) is 0 Å². The van der Waals surface area contributed by atoms with Gasteiger partial charge in [-0.3, -0.25) is 4.79 Å². The Morgan fingerprint density at radius 2 is 1.86 bits per heavy atom. The number of aromatic nitrogens is 2. The molecule has 2 aromatic carbocycles. The quantitative estimate of drug-likeness (QED) is 0.560. The highest BCUT2D eigenvalue weighted by molar-refractivity contribution is 6.30. The minimum Gasteiger partial charge on any atom is -0.456 e. The van der Waals surface area contributed by atoms with Crippen LogP contribution in [0.4, 0.5) is 8.78 Å². The standard InChI is InChI=1S/C20H15ClF2N2O4/c1-12-10-16(26)18(24-25(12)15-8-6-14(21)7-9-15)19(27)28-11-13-4-2-3-5-17(13)29-20(22)23/h2-10,20H,11H2,1H3. The summed E-state index contributed by atoms with van der Waals surface area (Å²) in [5.74, 6) is -1.10. The van der Waals surface area contributed by atoms with Crippen molar-refractivity contribution in [2.24, 2.45) is 0 Å². The van der Waals surface area contributed by atoms with Gasteiger partial charge in [-0.25, -0.2) is 9.48 Å². The van der Waals surface area contributed by atoms with Crippen molar-refractivity contribution in [1.29, 1.82) is 0 Å². The Morgan fingerprint density at radius 3 is 2.55 bits per heavy atom. The number of ether oxygens (including phenoxy) is 2. The summed E-state index contributed by atoms with van der Waals surface area (Å²) in [5.41, 5.74) is 0.278. The van der Waals surface area contributed by atoms with E-state index in [1.807, 2.05) is 0 Å². The highest BCUT2D eigenvalue weighted by Crippen LogP contribution is 2.21. The number of aryl methyl sites for hydroxylation is 1. The first kappa shape index (κ1) is 20.5. The lowest BCUT2D eigenvalue weighted by Gasteiger charge is -2.12. The van der Waals surface area contributed by atoms with Gasteiger partial charge in [-0.1, -0.05) is 29.8 Å². The smallest absolute Gasteiger partial charge is 0.387 e. The summed E-state index contributed by atoms with van der Waals surface area (Å²) in [7, 11) is 0. The van der Waals surface area contributed by atoms with Crippen LogP contribution in [0.5, 0.6) is 5.75 Å². The predicted octanol–water partition coefficient (Wildman–Crippen LogP) is 4.15. The number of hydrogen-bond acceptors (Lipinski definition) is 5. The lowest BCUT2D eigenvalue weighted by molar-refractivity contribution is -0.0510. The molecule has 0 spiro atoms. The van der Waals surface area contributed by atoms with Gasteiger partial charge in [0.05, 0.1) is 5.69 Å². The van der Waals surface area contributed by atoms with Crippen LogP contribution >= 0.6 is 11.6 Å². The Balaban J connectivity index is 1.84. The Kier molecular flexibility index (Phi) is 6.23. The average molecular weight is 421 g/mol. The summed E-state index contributed by atoms with van der Waals surface area (Å²) in [6, 6.07) is 13.8. The average Bonchev–Trinajstić information content (AvgIpc) is 2.67. The van der Waals surface area contributed by atoms with Crippen LogP contribution < -0.4 is 10.2 Å². The molecule has 0 atom stereocenters. The summed E-state index contributed by atoms with van der Waals surface area (Å²) in [6.45, 7) is -1.72. The number of esters is 1. The molecule has 1 heterocycles. The minimum absolute atomic E-state index is 0.120. The summed E-state index contributed by atoms with van der Waals surface area (Å²) >= 11 is 5.88. The number of carbonyl (C=O) groups excluding carboxylic acids is 1. The van der Waals surface area contributed by atoms with Gasteiger partial charge in [0.2, 0.25) is 11.1 Å². The van der Waals surface area contributed by atoms with E-state index in [1.165, 1.54) is 28.9 Å². The van der Waals surface area contributed by atoms with Gasteiger partial charge < -0.3 is 9.47 Å². The van der Waals surface area contributed by atoms with Gasteiger partial charge in [-0.05, 0) is 37.3 Å². The second-order valence-corrected chi connectivity index (χ2v) is 6.39. The zero-order chi connectivity index (χ0) is 21.0. The maximum atomic E-state index is 12.5. The van der Waals surface area contributed by atoms with E-state index in [1.54, 1.807) is 37.3 Å². The van der Waals surface area contributed by atoms with E-state index >= 15 is 0 Å². The minimum atomic E-state index is -3.02. The third-order valence-electron chi connectivity index (χ3n) is 3.92. The molecule has 150 valence electrons. The van der Waals surface area contributed by atoms with Crippen LogP contribution in [-0.2, 0) is 11.3 Å². The maximum absolute atomic E-state index is 12.5. The summed E-state index contributed by atoms with van der Waals surface area (Å²) in [6.07, 6.45) is 0. The molecule has 0 saturated carbocycles. The third-order valence-corrected chi connectivity index (χ3v) is 4.17. The summed E-state index contributed by atoms with van der Waals surface area (Å²) in [5, 5.41) is 4.61. The summed E-state index contributed by atoms with van der Waals surface area (Å²) < 4.78 is 35.9. The molecule has 9 heteroatoms. The van der Waals surface area contributed by atoms with E-state index in [0.29, 0.717) is 16.4 Å².